The molecule has 5 rings (SSSR count). The van der Waals surface area contributed by atoms with E-state index in [1.165, 1.54) is 35.2 Å². The van der Waals surface area contributed by atoms with E-state index in [1.54, 1.807) is 32.9 Å². The highest BCUT2D eigenvalue weighted by Crippen LogP contribution is 2.50. The highest BCUT2D eigenvalue weighted by Gasteiger charge is 2.64. The molecule has 2 aromatic heterocycles. The second kappa shape index (κ2) is 9.76. The predicted octanol–water partition coefficient (Wildman–Crippen LogP) is 0.730. The number of thioether (sulfide) groups is 1. The molecule has 39 heavy (non-hydrogen) atoms. The predicted molar refractivity (Wildman–Crippen MR) is 133 cm³/mol. The lowest BCUT2D eigenvalue weighted by Gasteiger charge is -2.43. The van der Waals surface area contributed by atoms with Crippen LogP contribution >= 0.6 is 11.8 Å². The topological polar surface area (TPSA) is 191 Å². The van der Waals surface area contributed by atoms with Crippen molar-refractivity contribution in [2.24, 2.45) is 5.10 Å². The average molecular weight is 560 g/mol. The van der Waals surface area contributed by atoms with Gasteiger partial charge in [0.25, 0.3) is 0 Å². The number of nitrogens with zero attached hydrogens (tertiary/aromatic N) is 5. The van der Waals surface area contributed by atoms with Crippen molar-refractivity contribution in [1.29, 1.82) is 0 Å². The van der Waals surface area contributed by atoms with Crippen molar-refractivity contribution in [3.8, 4) is 0 Å². The third kappa shape index (κ3) is 4.71. The number of carbonyl (C=O) groups is 5. The fourth-order valence-corrected chi connectivity index (χ4v) is 6.32. The molecule has 2 unspecified atom stereocenters. The van der Waals surface area contributed by atoms with Gasteiger partial charge in [0.05, 0.1) is 25.6 Å². The molecule has 0 bridgehead atoms. The Labute approximate surface area is 225 Å². The summed E-state index contributed by atoms with van der Waals surface area (Å²) >= 11 is 1.27. The van der Waals surface area contributed by atoms with E-state index in [4.69, 9.17) is 8.94 Å². The van der Waals surface area contributed by atoms with Crippen LogP contribution in [-0.4, -0.2) is 96.4 Å². The van der Waals surface area contributed by atoms with Gasteiger partial charge in [-0.3, -0.25) is 9.59 Å². The zero-order valence-electron chi connectivity index (χ0n) is 21.1. The molecule has 3 aliphatic rings. The molecule has 206 valence electrons. The molecule has 0 radical (unpaired) electrons. The summed E-state index contributed by atoms with van der Waals surface area (Å²) < 4.78 is 9.44. The number of aromatic nitrogens is 1. The van der Waals surface area contributed by atoms with Gasteiger partial charge in [-0.1, -0.05) is 5.16 Å². The minimum atomic E-state index is -1.40. The number of hydrogen-bond acceptors (Lipinski definition) is 10. The van der Waals surface area contributed by atoms with Crippen molar-refractivity contribution in [3.63, 3.8) is 0 Å². The van der Waals surface area contributed by atoms with Crippen molar-refractivity contribution < 1.29 is 38.0 Å². The minimum Gasteiger partial charge on any atom is -0.480 e. The summed E-state index contributed by atoms with van der Waals surface area (Å²) in [5.41, 5.74) is 0.0594. The van der Waals surface area contributed by atoms with Crippen LogP contribution in [0.3, 0.4) is 0 Å². The first-order valence-electron chi connectivity index (χ1n) is 11.9. The molecule has 2 aromatic rings. The van der Waals surface area contributed by atoms with Crippen molar-refractivity contribution in [3.05, 3.63) is 41.7 Å². The summed E-state index contributed by atoms with van der Waals surface area (Å²) in [6, 6.07) is -0.273. The van der Waals surface area contributed by atoms with Crippen LogP contribution in [0.2, 0.25) is 0 Å². The summed E-state index contributed by atoms with van der Waals surface area (Å²) in [6.45, 7) is 5.17. The number of carbonyl (C=O) groups excluding carboxylic acids is 4. The monoisotopic (exact) mass is 559 g/mol. The van der Waals surface area contributed by atoms with Crippen LogP contribution in [0.15, 0.2) is 38.5 Å². The van der Waals surface area contributed by atoms with Gasteiger partial charge >= 0.3 is 18.0 Å². The first kappa shape index (κ1) is 26.3. The zero-order valence-corrected chi connectivity index (χ0v) is 21.9. The van der Waals surface area contributed by atoms with Crippen LogP contribution in [0.25, 0.3) is 0 Å². The zero-order chi connectivity index (χ0) is 28.1. The fraction of sp³-hybridized carbons (Fsp3) is 0.435. The molecule has 6 amide bonds. The molecule has 16 heteroatoms. The number of aryl methyl sites for hydroxylation is 1. The first-order valence-corrected chi connectivity index (χ1v) is 12.8. The number of hydrogen-bond donors (Lipinski definition) is 3. The smallest absolute Gasteiger partial charge is 0.348 e. The normalized spacial score (nSPS) is 24.6. The van der Waals surface area contributed by atoms with Crippen molar-refractivity contribution in [1.82, 2.24) is 30.6 Å². The Morgan fingerprint density at radius 1 is 1.31 bits per heavy atom. The van der Waals surface area contributed by atoms with Gasteiger partial charge in [0.15, 0.2) is 6.04 Å². The molecule has 0 saturated carbocycles. The summed E-state index contributed by atoms with van der Waals surface area (Å²) in [6.07, 6.45) is 2.79. The summed E-state index contributed by atoms with van der Waals surface area (Å²) in [5, 5.41) is 23.1. The van der Waals surface area contributed by atoms with Crippen molar-refractivity contribution in [2.75, 3.05) is 13.1 Å². The molecule has 3 N–H and O–H groups in total. The Bertz CT molecular complexity index is 1360. The van der Waals surface area contributed by atoms with Gasteiger partial charge in [0.2, 0.25) is 11.8 Å². The van der Waals surface area contributed by atoms with Crippen LogP contribution in [0, 0.1) is 6.92 Å². The maximum absolute atomic E-state index is 13.3. The molecule has 4 atom stereocenters. The number of urea groups is 2. The van der Waals surface area contributed by atoms with E-state index >= 15 is 0 Å². The standard InChI is InChI=1S/C23H25N7O8S/c1-11-9-13(27-38-11)14(17(31)25-15-18(32)30-16(20(33)34)23(2,3)39-19(15)30)26-21(35)28-6-7-29(22(28)36)24-10-12-5-4-8-37-12/h4-5,8-10,14-16,19H,6-7H2,1-3H3,(H,25,31)(H,26,35)(H,33,34)/b24-10+/t14?,15?,16-,19+/m0/s1. The number of aliphatic carboxylic acids is 1. The van der Waals surface area contributed by atoms with Crippen LogP contribution in [0.1, 0.15) is 37.1 Å². The quantitative estimate of drug-likeness (QED) is 0.322. The van der Waals surface area contributed by atoms with Crippen LogP contribution in [0.4, 0.5) is 9.59 Å². The van der Waals surface area contributed by atoms with Gasteiger partial charge in [-0.05, 0) is 32.9 Å². The molecule has 0 spiro atoms. The molecule has 5 heterocycles. The Balaban J connectivity index is 1.28. The van der Waals surface area contributed by atoms with E-state index in [0.717, 1.165) is 9.91 Å². The van der Waals surface area contributed by atoms with E-state index in [-0.39, 0.29) is 18.8 Å². The summed E-state index contributed by atoms with van der Waals surface area (Å²) in [4.78, 5) is 65.9. The number of rotatable bonds is 7. The highest BCUT2D eigenvalue weighted by atomic mass is 32.2. The number of hydrazone groups is 1. The van der Waals surface area contributed by atoms with Gasteiger partial charge < -0.3 is 29.6 Å². The SMILES string of the molecule is Cc1cc(C(NC(=O)N2CCN(/N=C/c3ccco3)C2=O)C(=O)NC2C(=O)N3[C@@H]2SC(C)(C)[C@@H]3C(=O)O)no1. The van der Waals surface area contributed by atoms with E-state index in [9.17, 15) is 29.1 Å². The molecular formula is C23H25N7O8S. The lowest BCUT2D eigenvalue weighted by molar-refractivity contribution is -0.161. The van der Waals surface area contributed by atoms with Crippen LogP contribution in [-0.2, 0) is 14.4 Å². The molecule has 3 aliphatic heterocycles. The number of amides is 6. The third-order valence-corrected chi connectivity index (χ3v) is 8.12. The molecular weight excluding hydrogens is 534 g/mol. The fourth-order valence-electron chi connectivity index (χ4n) is 4.69. The van der Waals surface area contributed by atoms with Crippen molar-refractivity contribution >= 4 is 47.8 Å². The number of carboxylic acids is 1. The van der Waals surface area contributed by atoms with Gasteiger partial charge in [0.1, 0.15) is 34.7 Å². The number of furan rings is 1. The van der Waals surface area contributed by atoms with E-state index in [1.807, 2.05) is 0 Å². The van der Waals surface area contributed by atoms with Crippen LogP contribution in [0.5, 0.6) is 0 Å². The number of fused-ring (bicyclic) bond motifs is 1. The second-order valence-electron chi connectivity index (χ2n) is 9.65. The van der Waals surface area contributed by atoms with Gasteiger partial charge in [0, 0.05) is 10.8 Å². The lowest BCUT2D eigenvalue weighted by atomic mass is 9.96. The Hall–Kier alpha value is -4.34. The first-order chi connectivity index (χ1) is 18.5. The molecule has 0 aromatic carbocycles. The van der Waals surface area contributed by atoms with Gasteiger partial charge in [-0.2, -0.15) is 5.10 Å². The summed E-state index contributed by atoms with van der Waals surface area (Å²) in [7, 11) is 0. The number of nitrogens with one attached hydrogen (secondary N) is 2. The molecule has 3 fully saturated rings. The minimum absolute atomic E-state index is 0.00673. The average Bonchev–Trinajstić information content (AvgIpc) is 3.66. The summed E-state index contributed by atoms with van der Waals surface area (Å²) in [5.74, 6) is -1.65. The largest absolute Gasteiger partial charge is 0.480 e. The number of β-lactam (4-membered cyclic amide) rings is 1. The molecule has 0 aliphatic carbocycles. The van der Waals surface area contributed by atoms with E-state index in [0.29, 0.717) is 11.5 Å². The number of carboxylic acid groups (broad SMARTS) is 1. The Morgan fingerprint density at radius 2 is 2.08 bits per heavy atom. The highest BCUT2D eigenvalue weighted by molar-refractivity contribution is 8.01. The maximum atomic E-state index is 13.3. The second-order valence-corrected chi connectivity index (χ2v) is 11.4. The van der Waals surface area contributed by atoms with Crippen molar-refractivity contribution in [2.45, 2.75) is 49.0 Å². The van der Waals surface area contributed by atoms with E-state index < -0.39 is 58.1 Å². The number of imide groups is 1. The third-order valence-electron chi connectivity index (χ3n) is 6.54. The Kier molecular flexibility index (Phi) is 6.57. The molecule has 3 saturated heterocycles. The van der Waals surface area contributed by atoms with E-state index in [2.05, 4.69) is 20.9 Å². The maximum Gasteiger partial charge on any atom is 0.348 e. The van der Waals surface area contributed by atoms with Gasteiger partial charge in [-0.15, -0.1) is 11.8 Å². The lowest BCUT2D eigenvalue weighted by Crippen LogP contribution is -2.71. The van der Waals surface area contributed by atoms with Gasteiger partial charge in [-0.25, -0.2) is 24.3 Å². The Morgan fingerprint density at radius 3 is 2.72 bits per heavy atom. The van der Waals surface area contributed by atoms with Crippen LogP contribution < -0.4 is 10.6 Å². The molecule has 15 nitrogen and oxygen atoms in total.